The molecule has 0 aliphatic carbocycles. The zero-order valence-corrected chi connectivity index (χ0v) is 11.8. The van der Waals surface area contributed by atoms with E-state index in [9.17, 15) is 0 Å². The van der Waals surface area contributed by atoms with Gasteiger partial charge in [0.1, 0.15) is 10.1 Å². The molecule has 0 saturated carbocycles. The van der Waals surface area contributed by atoms with E-state index in [-0.39, 0.29) is 0 Å². The molecule has 17 heavy (non-hydrogen) atoms. The van der Waals surface area contributed by atoms with Gasteiger partial charge in [0, 0.05) is 23.4 Å². The van der Waals surface area contributed by atoms with Crippen LogP contribution in [0.2, 0.25) is 0 Å². The Morgan fingerprint density at radius 1 is 1.29 bits per heavy atom. The Morgan fingerprint density at radius 2 is 2.12 bits per heavy atom. The number of hydrogen-bond acceptors (Lipinski definition) is 4. The lowest BCUT2D eigenvalue weighted by Gasteiger charge is -2.05. The fourth-order valence-corrected chi connectivity index (χ4v) is 2.36. The first-order valence-corrected chi connectivity index (χ1v) is 6.75. The third-order valence-electron chi connectivity index (χ3n) is 2.22. The van der Waals surface area contributed by atoms with Crippen molar-refractivity contribution in [2.75, 3.05) is 0 Å². The maximum absolute atomic E-state index is 5.57. The van der Waals surface area contributed by atoms with E-state index < -0.39 is 0 Å². The molecule has 0 amide bonds. The highest BCUT2D eigenvalue weighted by Gasteiger charge is 2.04. The monoisotopic (exact) mass is 309 g/mol. The van der Waals surface area contributed by atoms with E-state index in [2.05, 4.69) is 32.0 Å². The fourth-order valence-electron chi connectivity index (χ4n) is 1.36. The van der Waals surface area contributed by atoms with Crippen molar-refractivity contribution in [1.29, 1.82) is 0 Å². The van der Waals surface area contributed by atoms with Crippen molar-refractivity contribution < 1.29 is 0 Å². The minimum absolute atomic E-state index is 0.523. The average molecular weight is 310 g/mol. The van der Waals surface area contributed by atoms with Crippen LogP contribution in [0.5, 0.6) is 0 Å². The summed E-state index contributed by atoms with van der Waals surface area (Å²) >= 11 is 4.92. The first kappa shape index (κ1) is 12.5. The lowest BCUT2D eigenvalue weighted by molar-refractivity contribution is 0.984. The Hall–Kier alpha value is -0.910. The van der Waals surface area contributed by atoms with Crippen LogP contribution in [0.3, 0.4) is 0 Å². The van der Waals surface area contributed by atoms with Crippen LogP contribution in [0.15, 0.2) is 45.1 Å². The Morgan fingerprint density at radius 3 is 2.71 bits per heavy atom. The molecular weight excluding hydrogens is 298 g/mol. The second kappa shape index (κ2) is 5.62. The largest absolute Gasteiger partial charge is 0.326 e. The highest BCUT2D eigenvalue weighted by atomic mass is 79.9. The highest BCUT2D eigenvalue weighted by molar-refractivity contribution is 9.10. The van der Waals surface area contributed by atoms with Gasteiger partial charge in [-0.25, -0.2) is 9.97 Å². The Bertz CT molecular complexity index is 514. The predicted molar refractivity (Wildman–Crippen MR) is 72.9 cm³/mol. The topological polar surface area (TPSA) is 51.8 Å². The zero-order valence-electron chi connectivity index (χ0n) is 9.35. The molecule has 0 aliphatic heterocycles. The third-order valence-corrected chi connectivity index (χ3v) is 3.76. The number of rotatable bonds is 3. The number of pyridine rings is 2. The van der Waals surface area contributed by atoms with Gasteiger partial charge in [0.25, 0.3) is 0 Å². The van der Waals surface area contributed by atoms with Gasteiger partial charge in [-0.05, 0) is 57.9 Å². The molecule has 0 aliphatic rings. The van der Waals surface area contributed by atoms with Crippen LogP contribution in [0.25, 0.3) is 0 Å². The minimum atomic E-state index is 0.523. The Balaban J connectivity index is 2.21. The molecule has 88 valence electrons. The molecule has 0 unspecified atom stereocenters. The van der Waals surface area contributed by atoms with Crippen LogP contribution in [0.1, 0.15) is 11.1 Å². The van der Waals surface area contributed by atoms with Crippen molar-refractivity contribution >= 4 is 27.7 Å². The van der Waals surface area contributed by atoms with Crippen LogP contribution >= 0.6 is 27.7 Å². The van der Waals surface area contributed by atoms with Crippen molar-refractivity contribution in [3.05, 3.63) is 46.2 Å². The molecule has 2 rings (SSSR count). The summed E-state index contributed by atoms with van der Waals surface area (Å²) in [5.41, 5.74) is 7.75. The molecule has 0 radical (unpaired) electrons. The van der Waals surface area contributed by atoms with Gasteiger partial charge in [-0.15, -0.1) is 0 Å². The fraction of sp³-hybridized carbons (Fsp3) is 0.167. The molecule has 2 aromatic rings. The second-order valence-electron chi connectivity index (χ2n) is 3.59. The van der Waals surface area contributed by atoms with Crippen LogP contribution in [0.4, 0.5) is 0 Å². The lowest BCUT2D eigenvalue weighted by Crippen LogP contribution is -1.98. The van der Waals surface area contributed by atoms with Crippen LogP contribution in [-0.4, -0.2) is 9.97 Å². The first-order chi connectivity index (χ1) is 8.19. The van der Waals surface area contributed by atoms with E-state index in [0.717, 1.165) is 25.7 Å². The molecule has 0 bridgehead atoms. The summed E-state index contributed by atoms with van der Waals surface area (Å²) in [6, 6.07) is 6.00. The van der Waals surface area contributed by atoms with Gasteiger partial charge in [0.15, 0.2) is 0 Å². The van der Waals surface area contributed by atoms with Crippen molar-refractivity contribution in [2.24, 2.45) is 5.73 Å². The molecule has 0 fully saturated rings. The molecule has 2 heterocycles. The van der Waals surface area contributed by atoms with E-state index in [0.29, 0.717) is 6.54 Å². The molecule has 2 N–H and O–H groups in total. The maximum atomic E-state index is 5.57. The number of hydrogen-bond donors (Lipinski definition) is 1. The highest BCUT2D eigenvalue weighted by Crippen LogP contribution is 2.27. The smallest absolute Gasteiger partial charge is 0.105 e. The molecule has 0 atom stereocenters. The Labute approximate surface area is 113 Å². The number of nitrogens with zero attached hydrogens (tertiary/aromatic N) is 2. The van der Waals surface area contributed by atoms with Crippen molar-refractivity contribution in [2.45, 2.75) is 23.5 Å². The van der Waals surface area contributed by atoms with E-state index >= 15 is 0 Å². The molecule has 0 spiro atoms. The lowest BCUT2D eigenvalue weighted by atomic mass is 10.2. The van der Waals surface area contributed by atoms with Gasteiger partial charge in [-0.1, -0.05) is 6.07 Å². The van der Waals surface area contributed by atoms with E-state index in [1.807, 2.05) is 25.3 Å². The normalized spacial score (nSPS) is 10.5. The molecule has 2 aromatic heterocycles. The van der Waals surface area contributed by atoms with Crippen molar-refractivity contribution in [3.8, 4) is 0 Å². The molecular formula is C12H12BrN3S. The van der Waals surface area contributed by atoms with Crippen LogP contribution < -0.4 is 5.73 Å². The summed E-state index contributed by atoms with van der Waals surface area (Å²) in [5, 5.41) is 1.90. The number of halogens is 1. The Kier molecular flexibility index (Phi) is 4.15. The quantitative estimate of drug-likeness (QED) is 0.946. The van der Waals surface area contributed by atoms with Gasteiger partial charge in [0.05, 0.1) is 0 Å². The molecule has 3 nitrogen and oxygen atoms in total. The third kappa shape index (κ3) is 3.28. The summed E-state index contributed by atoms with van der Waals surface area (Å²) in [6.45, 7) is 2.56. The summed E-state index contributed by atoms with van der Waals surface area (Å²) in [4.78, 5) is 8.71. The SMILES string of the molecule is Cc1cc(CN)cnc1Sc1ccc(Br)cn1. The minimum Gasteiger partial charge on any atom is -0.326 e. The first-order valence-electron chi connectivity index (χ1n) is 5.14. The summed E-state index contributed by atoms with van der Waals surface area (Å²) in [7, 11) is 0. The summed E-state index contributed by atoms with van der Waals surface area (Å²) < 4.78 is 0.977. The number of aromatic nitrogens is 2. The van der Waals surface area contributed by atoms with Gasteiger partial charge in [-0.3, -0.25) is 0 Å². The van der Waals surface area contributed by atoms with E-state index in [1.165, 1.54) is 0 Å². The zero-order chi connectivity index (χ0) is 12.3. The number of aryl methyl sites for hydroxylation is 1. The van der Waals surface area contributed by atoms with Crippen LogP contribution in [0, 0.1) is 6.92 Å². The maximum Gasteiger partial charge on any atom is 0.105 e. The van der Waals surface area contributed by atoms with Gasteiger partial charge >= 0.3 is 0 Å². The number of nitrogens with two attached hydrogens (primary N) is 1. The van der Waals surface area contributed by atoms with E-state index in [1.54, 1.807) is 18.0 Å². The molecule has 0 saturated heterocycles. The predicted octanol–water partition coefficient (Wildman–Crippen LogP) is 3.16. The molecule has 0 aromatic carbocycles. The van der Waals surface area contributed by atoms with Crippen molar-refractivity contribution in [1.82, 2.24) is 9.97 Å². The van der Waals surface area contributed by atoms with E-state index in [4.69, 9.17) is 5.73 Å². The van der Waals surface area contributed by atoms with Gasteiger partial charge in [0.2, 0.25) is 0 Å². The second-order valence-corrected chi connectivity index (χ2v) is 5.51. The summed E-state index contributed by atoms with van der Waals surface area (Å²) in [6.07, 6.45) is 3.60. The van der Waals surface area contributed by atoms with Gasteiger partial charge < -0.3 is 5.73 Å². The van der Waals surface area contributed by atoms with Crippen molar-refractivity contribution in [3.63, 3.8) is 0 Å². The summed E-state index contributed by atoms with van der Waals surface area (Å²) in [5.74, 6) is 0. The standard InChI is InChI=1S/C12H12BrN3S/c1-8-4-9(5-14)6-16-12(8)17-11-3-2-10(13)7-15-11/h2-4,6-7H,5,14H2,1H3. The van der Waals surface area contributed by atoms with Gasteiger partial charge in [-0.2, -0.15) is 0 Å². The average Bonchev–Trinajstić information content (AvgIpc) is 2.34. The molecule has 5 heteroatoms. The van der Waals surface area contributed by atoms with Crippen LogP contribution in [-0.2, 0) is 6.54 Å².